The molecular formula is C79H65Br2F4NO12. The zero-order valence-corrected chi connectivity index (χ0v) is 57.2. The maximum Gasteiger partial charge on any atom is 0.379 e. The molecule has 0 atom stereocenters. The summed E-state index contributed by atoms with van der Waals surface area (Å²) in [5, 5.41) is 1.05. The number of nitrogens with zero attached hydrogens (tertiary/aromatic N) is 1. The molecule has 0 N–H and O–H groups in total. The summed E-state index contributed by atoms with van der Waals surface area (Å²) >= 11 is 6.68. The molecule has 10 aromatic rings. The highest BCUT2D eigenvalue weighted by Crippen LogP contribution is 2.30. The van der Waals surface area contributed by atoms with E-state index in [-0.39, 0.29) is 66.1 Å². The molecule has 0 unspecified atom stereocenters. The maximum atomic E-state index is 13.3. The predicted octanol–water partition coefficient (Wildman–Crippen LogP) is 18.2. The molecule has 0 aliphatic carbocycles. The zero-order valence-electron chi connectivity index (χ0n) is 54.0. The van der Waals surface area contributed by atoms with Gasteiger partial charge in [-0.15, -0.1) is 5.06 Å². The van der Waals surface area contributed by atoms with Crippen molar-refractivity contribution < 1.29 is 75.0 Å². The van der Waals surface area contributed by atoms with Crippen LogP contribution in [0.15, 0.2) is 229 Å². The number of hydroxylamine groups is 2. The SMILES string of the molecule is CCOC(=O)C(=O)c1ccc(-c2ccc(F)cc2)cc1C.CCOC(=O)C(=O)c1ccc(-c2ccc(F)cc2)cc1CBr.CCOC(=O)C(=O)c1ccc(-c2ccc(F)cc2)cc1CON1C(=O)c2ccccc2C1=O.Cc1cccc(-c2ccc(F)cc2)c1.Cc1cccc(Br)c1. The average Bonchev–Trinajstić information content (AvgIpc) is 1.59. The smallest absolute Gasteiger partial charge is 0.379 e. The molecule has 10 aromatic carbocycles. The highest BCUT2D eigenvalue weighted by atomic mass is 79.9. The molecule has 2 amide bonds. The van der Waals surface area contributed by atoms with Crippen molar-refractivity contribution >= 4 is 78.9 Å². The number of alkyl halides is 1. The van der Waals surface area contributed by atoms with Gasteiger partial charge in [0.05, 0.1) is 30.9 Å². The molecule has 500 valence electrons. The first-order chi connectivity index (χ1) is 47.0. The van der Waals surface area contributed by atoms with Crippen molar-refractivity contribution in [1.29, 1.82) is 0 Å². The number of imide groups is 1. The van der Waals surface area contributed by atoms with Crippen LogP contribution in [0.2, 0.25) is 0 Å². The van der Waals surface area contributed by atoms with Crippen LogP contribution in [0.5, 0.6) is 0 Å². The minimum atomic E-state index is -1.03. The number of halogens is 6. The average molecular weight is 1460 g/mol. The first-order valence-corrected chi connectivity index (χ1v) is 32.5. The third-order valence-corrected chi connectivity index (χ3v) is 15.6. The Morgan fingerprint density at radius 2 is 0.714 bits per heavy atom. The molecule has 0 bridgehead atoms. The van der Waals surface area contributed by atoms with Gasteiger partial charge in [0, 0.05) is 26.5 Å². The molecule has 13 nitrogen and oxygen atoms in total. The Balaban J connectivity index is 0.000000183. The van der Waals surface area contributed by atoms with E-state index in [2.05, 4.69) is 57.0 Å². The summed E-state index contributed by atoms with van der Waals surface area (Å²) < 4.78 is 67.3. The lowest BCUT2D eigenvalue weighted by Crippen LogP contribution is -2.30. The molecular weight excluding hydrogens is 1390 g/mol. The molecule has 0 aromatic heterocycles. The Labute approximate surface area is 581 Å². The van der Waals surface area contributed by atoms with Crippen LogP contribution in [0.3, 0.4) is 0 Å². The van der Waals surface area contributed by atoms with Crippen LogP contribution in [0, 0.1) is 44.0 Å². The van der Waals surface area contributed by atoms with Gasteiger partial charge in [0.15, 0.2) is 0 Å². The van der Waals surface area contributed by atoms with Crippen molar-refractivity contribution in [2.75, 3.05) is 19.8 Å². The fourth-order valence-corrected chi connectivity index (χ4v) is 10.6. The van der Waals surface area contributed by atoms with E-state index in [0.29, 0.717) is 43.8 Å². The van der Waals surface area contributed by atoms with Gasteiger partial charge in [-0.2, -0.15) is 0 Å². The fraction of sp³-hybridized carbons (Fsp3) is 0.139. The van der Waals surface area contributed by atoms with Gasteiger partial charge in [-0.1, -0.05) is 164 Å². The van der Waals surface area contributed by atoms with E-state index in [1.807, 2.05) is 37.3 Å². The van der Waals surface area contributed by atoms with Crippen LogP contribution in [-0.2, 0) is 45.4 Å². The van der Waals surface area contributed by atoms with Crippen molar-refractivity contribution in [1.82, 2.24) is 5.06 Å². The monoisotopic (exact) mass is 1450 g/mol. The standard InChI is InChI=1S/C25H18FNO6.C17H14BrFO3.C17H15FO3.C13H11F.C7H7Br/c1-2-32-25(31)22(28)19-12-9-16(15-7-10-18(26)11-8-15)13-17(19)14-33-27-23(29)20-5-3-4-6-21(20)24(27)30;1-2-22-17(21)16(20)15-8-5-12(9-13(15)10-18)11-3-6-14(19)7-4-11;1-3-21-17(20)16(19)15-9-6-13(10-11(15)2)12-4-7-14(18)8-5-12;1-10-3-2-4-12(9-10)11-5-7-13(14)8-6-11;1-6-3-2-4-7(8)5-6/h3-13H,2,14H2,1H3;3-9H,2,10H2,1H3;4-10H,3H2,1-2H3;2-9H,1H3;2-5H,1H3. The predicted molar refractivity (Wildman–Crippen MR) is 373 cm³/mol. The summed E-state index contributed by atoms with van der Waals surface area (Å²) in [7, 11) is 0. The fourth-order valence-electron chi connectivity index (χ4n) is 9.66. The normalized spacial score (nSPS) is 11.0. The number of carbonyl (C=O) groups is 8. The first-order valence-electron chi connectivity index (χ1n) is 30.5. The summed E-state index contributed by atoms with van der Waals surface area (Å²) in [4.78, 5) is 102. The zero-order chi connectivity index (χ0) is 71.0. The first kappa shape index (κ1) is 74.8. The van der Waals surface area contributed by atoms with Crippen LogP contribution >= 0.6 is 31.9 Å². The van der Waals surface area contributed by atoms with Crippen LogP contribution < -0.4 is 0 Å². The molecule has 0 radical (unpaired) electrons. The van der Waals surface area contributed by atoms with Gasteiger partial charge in [0.1, 0.15) is 29.9 Å². The van der Waals surface area contributed by atoms with Crippen molar-refractivity contribution in [2.24, 2.45) is 0 Å². The van der Waals surface area contributed by atoms with Crippen LogP contribution in [-0.4, -0.2) is 72.0 Å². The van der Waals surface area contributed by atoms with E-state index in [1.165, 1.54) is 77.9 Å². The Kier molecular flexibility index (Phi) is 27.9. The van der Waals surface area contributed by atoms with E-state index in [4.69, 9.17) is 19.0 Å². The van der Waals surface area contributed by atoms with Crippen molar-refractivity contribution in [3.05, 3.63) is 308 Å². The Morgan fingerprint density at radius 1 is 0.378 bits per heavy atom. The molecule has 1 heterocycles. The molecule has 0 saturated carbocycles. The van der Waals surface area contributed by atoms with Crippen LogP contribution in [0.25, 0.3) is 44.5 Å². The van der Waals surface area contributed by atoms with Crippen LogP contribution in [0.1, 0.15) is 100 Å². The summed E-state index contributed by atoms with van der Waals surface area (Å²) in [5.74, 6) is -7.40. The summed E-state index contributed by atoms with van der Waals surface area (Å²) in [5.41, 5.74) is 12.0. The minimum absolute atomic E-state index is 0.0101. The van der Waals surface area contributed by atoms with Gasteiger partial charge < -0.3 is 14.2 Å². The number of fused-ring (bicyclic) bond motifs is 1. The van der Waals surface area contributed by atoms with E-state index in [1.54, 1.807) is 137 Å². The number of Topliss-reactive ketones (excluding diaryl/α,β-unsaturated/α-hetero) is 3. The van der Waals surface area contributed by atoms with Gasteiger partial charge in [-0.05, 0) is 206 Å². The molecule has 0 saturated heterocycles. The quantitative estimate of drug-likeness (QED) is 0.0161. The van der Waals surface area contributed by atoms with Gasteiger partial charge >= 0.3 is 17.9 Å². The van der Waals surface area contributed by atoms with Crippen molar-refractivity contribution in [3.8, 4) is 44.5 Å². The van der Waals surface area contributed by atoms with E-state index in [9.17, 15) is 55.9 Å². The lowest BCUT2D eigenvalue weighted by Gasteiger charge is -2.16. The minimum Gasteiger partial charge on any atom is -0.460 e. The number of hydrogen-bond donors (Lipinski definition) is 0. The Morgan fingerprint density at radius 3 is 1.07 bits per heavy atom. The Hall–Kier alpha value is -10.6. The van der Waals surface area contributed by atoms with Gasteiger partial charge in [-0.25, -0.2) is 31.9 Å². The number of esters is 3. The van der Waals surface area contributed by atoms with Gasteiger partial charge in [0.2, 0.25) is 0 Å². The third kappa shape index (κ3) is 20.7. The van der Waals surface area contributed by atoms with Gasteiger partial charge in [-0.3, -0.25) is 28.8 Å². The number of ether oxygens (including phenoxy) is 3. The van der Waals surface area contributed by atoms with E-state index >= 15 is 0 Å². The second kappa shape index (κ2) is 36.5. The number of ketones is 3. The van der Waals surface area contributed by atoms with E-state index < -0.39 is 52.9 Å². The number of hydrogen-bond acceptors (Lipinski definition) is 12. The number of amides is 2. The molecule has 0 fully saturated rings. The summed E-state index contributed by atoms with van der Waals surface area (Å²) in [6.45, 7) is 10.7. The third-order valence-electron chi connectivity index (χ3n) is 14.5. The molecule has 98 heavy (non-hydrogen) atoms. The molecule has 1 aliphatic heterocycles. The second-order valence-electron chi connectivity index (χ2n) is 21.5. The topological polar surface area (TPSA) is 177 Å². The highest BCUT2D eigenvalue weighted by molar-refractivity contribution is 9.10. The highest BCUT2D eigenvalue weighted by Gasteiger charge is 2.37. The summed E-state index contributed by atoms with van der Waals surface area (Å²) in [6, 6.07) is 62.0. The van der Waals surface area contributed by atoms with Gasteiger partial charge in [0.25, 0.3) is 29.2 Å². The lowest BCUT2D eigenvalue weighted by molar-refractivity contribution is -0.138. The van der Waals surface area contributed by atoms with Crippen LogP contribution in [0.4, 0.5) is 17.6 Å². The maximum absolute atomic E-state index is 13.3. The molecule has 19 heteroatoms. The molecule has 0 spiro atoms. The number of aryl methyl sites for hydroxylation is 3. The lowest BCUT2D eigenvalue weighted by atomic mass is 9.97. The molecule has 11 rings (SSSR count). The number of benzene rings is 10. The number of rotatable bonds is 17. The van der Waals surface area contributed by atoms with Crippen molar-refractivity contribution in [3.63, 3.8) is 0 Å². The van der Waals surface area contributed by atoms with Crippen molar-refractivity contribution in [2.45, 2.75) is 53.5 Å². The second-order valence-corrected chi connectivity index (χ2v) is 23.0. The number of carbonyl (C=O) groups excluding carboxylic acids is 8. The summed E-state index contributed by atoms with van der Waals surface area (Å²) in [6.07, 6.45) is 0. The van der Waals surface area contributed by atoms with E-state index in [0.717, 1.165) is 37.9 Å². The largest absolute Gasteiger partial charge is 0.460 e. The molecule has 1 aliphatic rings. The Bertz CT molecular complexity index is 4450.